The first-order valence-electron chi connectivity index (χ1n) is 8.03. The monoisotopic (exact) mass is 406 g/mol. The van der Waals surface area contributed by atoms with Crippen LogP contribution in [0.15, 0.2) is 45.6 Å². The number of hydrogen-bond acceptors (Lipinski definition) is 6. The number of rotatable bonds is 6. The Kier molecular flexibility index (Phi) is 6.29. The maximum Gasteiger partial charge on any atom is 0.326 e. The highest BCUT2D eigenvalue weighted by atomic mass is 32.2. The minimum Gasteiger partial charge on any atom is -0.465 e. The van der Waals surface area contributed by atoms with Gasteiger partial charge in [-0.25, -0.2) is 0 Å². The van der Waals surface area contributed by atoms with Gasteiger partial charge >= 0.3 is 5.97 Å². The fourth-order valence-corrected chi connectivity index (χ4v) is 4.76. The van der Waals surface area contributed by atoms with Crippen LogP contribution >= 0.6 is 34.4 Å². The van der Waals surface area contributed by atoms with Gasteiger partial charge in [-0.05, 0) is 42.8 Å². The van der Waals surface area contributed by atoms with E-state index in [0.29, 0.717) is 11.4 Å². The van der Waals surface area contributed by atoms with Crippen LogP contribution in [0.1, 0.15) is 11.8 Å². The number of thiazole rings is 1. The van der Waals surface area contributed by atoms with E-state index in [4.69, 9.17) is 4.74 Å². The van der Waals surface area contributed by atoms with E-state index in [1.165, 1.54) is 22.7 Å². The quantitative estimate of drug-likeness (QED) is 0.462. The molecule has 8 heteroatoms. The molecule has 3 aromatic rings. The smallest absolute Gasteiger partial charge is 0.326 e. The SMILES string of the molecule is CCOC(=O)Cn1c(=NC(=O)Cc2cccs2)sc2cc(SC)ccc21. The predicted octanol–water partition coefficient (Wildman–Crippen LogP) is 3.72. The molecule has 5 nitrogen and oxygen atoms in total. The third-order valence-corrected chi connectivity index (χ3v) is 6.25. The molecule has 0 bridgehead atoms. The fourth-order valence-electron chi connectivity index (χ4n) is 2.46. The zero-order valence-corrected chi connectivity index (χ0v) is 16.9. The van der Waals surface area contributed by atoms with Gasteiger partial charge in [0, 0.05) is 9.77 Å². The molecule has 136 valence electrons. The van der Waals surface area contributed by atoms with Gasteiger partial charge in [-0.15, -0.1) is 23.1 Å². The number of amides is 1. The summed E-state index contributed by atoms with van der Waals surface area (Å²) in [4.78, 5) is 31.3. The molecule has 0 saturated heterocycles. The van der Waals surface area contributed by atoms with E-state index >= 15 is 0 Å². The molecule has 0 atom stereocenters. The highest BCUT2D eigenvalue weighted by Gasteiger charge is 2.13. The summed E-state index contributed by atoms with van der Waals surface area (Å²) in [6, 6.07) is 9.84. The first kappa shape index (κ1) is 18.9. The number of ether oxygens (including phenoxy) is 1. The lowest BCUT2D eigenvalue weighted by molar-refractivity contribution is -0.143. The van der Waals surface area contributed by atoms with Crippen molar-refractivity contribution in [2.24, 2.45) is 4.99 Å². The van der Waals surface area contributed by atoms with E-state index in [2.05, 4.69) is 11.1 Å². The Morgan fingerprint density at radius 2 is 2.15 bits per heavy atom. The fraction of sp³-hybridized carbons (Fsp3) is 0.278. The van der Waals surface area contributed by atoms with Crippen molar-refractivity contribution in [1.82, 2.24) is 4.57 Å². The van der Waals surface area contributed by atoms with Crippen LogP contribution in [0.4, 0.5) is 0 Å². The molecule has 0 aliphatic heterocycles. The Labute approximate surface area is 163 Å². The van der Waals surface area contributed by atoms with Crippen LogP contribution in [-0.2, 0) is 27.3 Å². The number of nitrogens with zero attached hydrogens (tertiary/aromatic N) is 2. The number of thiophene rings is 1. The molecule has 0 saturated carbocycles. The van der Waals surface area contributed by atoms with E-state index in [0.717, 1.165) is 20.0 Å². The topological polar surface area (TPSA) is 60.7 Å². The number of thioether (sulfide) groups is 1. The van der Waals surface area contributed by atoms with Crippen molar-refractivity contribution >= 4 is 56.5 Å². The second kappa shape index (κ2) is 8.66. The zero-order valence-electron chi connectivity index (χ0n) is 14.4. The average Bonchev–Trinajstić information content (AvgIpc) is 3.23. The van der Waals surface area contributed by atoms with E-state index in [9.17, 15) is 9.59 Å². The first-order chi connectivity index (χ1) is 12.6. The predicted molar refractivity (Wildman–Crippen MR) is 107 cm³/mol. The molecule has 0 aliphatic rings. The molecule has 26 heavy (non-hydrogen) atoms. The normalized spacial score (nSPS) is 11.8. The van der Waals surface area contributed by atoms with Gasteiger partial charge in [-0.1, -0.05) is 17.4 Å². The van der Waals surface area contributed by atoms with Gasteiger partial charge in [-0.3, -0.25) is 9.59 Å². The molecule has 0 aliphatic carbocycles. The summed E-state index contributed by atoms with van der Waals surface area (Å²) in [6.45, 7) is 2.13. The summed E-state index contributed by atoms with van der Waals surface area (Å²) in [5.74, 6) is -0.560. The van der Waals surface area contributed by atoms with Crippen molar-refractivity contribution in [2.45, 2.75) is 24.8 Å². The lowest BCUT2D eigenvalue weighted by Gasteiger charge is -2.05. The van der Waals surface area contributed by atoms with Crippen molar-refractivity contribution in [3.63, 3.8) is 0 Å². The number of benzene rings is 1. The molecule has 1 amide bonds. The van der Waals surface area contributed by atoms with Crippen molar-refractivity contribution in [3.05, 3.63) is 45.4 Å². The lowest BCUT2D eigenvalue weighted by atomic mass is 10.3. The molecule has 0 spiro atoms. The summed E-state index contributed by atoms with van der Waals surface area (Å²) in [5, 5.41) is 1.94. The highest BCUT2D eigenvalue weighted by Crippen LogP contribution is 2.24. The average molecular weight is 407 g/mol. The lowest BCUT2D eigenvalue weighted by Crippen LogP contribution is -2.23. The number of carbonyl (C=O) groups is 2. The highest BCUT2D eigenvalue weighted by molar-refractivity contribution is 7.98. The Morgan fingerprint density at radius 3 is 2.85 bits per heavy atom. The number of aromatic nitrogens is 1. The Hall–Kier alpha value is -1.90. The van der Waals surface area contributed by atoms with Gasteiger partial charge < -0.3 is 9.30 Å². The van der Waals surface area contributed by atoms with E-state index < -0.39 is 0 Å². The second-order valence-electron chi connectivity index (χ2n) is 5.37. The van der Waals surface area contributed by atoms with Gasteiger partial charge in [0.15, 0.2) is 4.80 Å². The van der Waals surface area contributed by atoms with Crippen LogP contribution in [0.25, 0.3) is 10.2 Å². The molecule has 1 aromatic carbocycles. The van der Waals surface area contributed by atoms with Crippen LogP contribution in [0.5, 0.6) is 0 Å². The van der Waals surface area contributed by atoms with Crippen LogP contribution in [0, 0.1) is 0 Å². The standard InChI is InChI=1S/C18H18N2O3S3/c1-3-23-17(22)11-20-14-7-6-12(24-2)9-15(14)26-18(20)19-16(21)10-13-5-4-8-25-13/h4-9H,3,10-11H2,1-2H3. The molecule has 0 fully saturated rings. The summed E-state index contributed by atoms with van der Waals surface area (Å²) in [7, 11) is 0. The molecular formula is C18H18N2O3S3. The zero-order chi connectivity index (χ0) is 18.5. The number of esters is 1. The van der Waals surface area contributed by atoms with Gasteiger partial charge in [0.2, 0.25) is 0 Å². The van der Waals surface area contributed by atoms with Gasteiger partial charge in [-0.2, -0.15) is 4.99 Å². The van der Waals surface area contributed by atoms with Crippen LogP contribution in [-0.4, -0.2) is 29.3 Å². The van der Waals surface area contributed by atoms with Gasteiger partial charge in [0.05, 0.1) is 23.2 Å². The number of carbonyl (C=O) groups excluding carboxylic acids is 2. The molecule has 0 unspecified atom stereocenters. The van der Waals surface area contributed by atoms with Crippen molar-refractivity contribution in [2.75, 3.05) is 12.9 Å². The molecule has 2 aromatic heterocycles. The Morgan fingerprint density at radius 1 is 1.31 bits per heavy atom. The number of hydrogen-bond donors (Lipinski definition) is 0. The molecule has 0 radical (unpaired) electrons. The minimum atomic E-state index is -0.340. The Balaban J connectivity index is 2.02. The minimum absolute atomic E-state index is 0.0393. The van der Waals surface area contributed by atoms with Crippen LogP contribution in [0.3, 0.4) is 0 Å². The number of fused-ring (bicyclic) bond motifs is 1. The molecule has 3 rings (SSSR count). The second-order valence-corrected chi connectivity index (χ2v) is 8.29. The van der Waals surface area contributed by atoms with Crippen molar-refractivity contribution in [1.29, 1.82) is 0 Å². The summed E-state index contributed by atoms with van der Waals surface area (Å²) in [6.07, 6.45) is 2.28. The van der Waals surface area contributed by atoms with Crippen molar-refractivity contribution < 1.29 is 14.3 Å². The summed E-state index contributed by atoms with van der Waals surface area (Å²) in [5.41, 5.74) is 0.878. The largest absolute Gasteiger partial charge is 0.465 e. The van der Waals surface area contributed by atoms with Crippen LogP contribution in [0.2, 0.25) is 0 Å². The summed E-state index contributed by atoms with van der Waals surface area (Å²) >= 11 is 4.59. The molecule has 0 N–H and O–H groups in total. The summed E-state index contributed by atoms with van der Waals surface area (Å²) < 4.78 is 7.82. The van der Waals surface area contributed by atoms with Gasteiger partial charge in [0.1, 0.15) is 6.54 Å². The third kappa shape index (κ3) is 4.44. The molecule has 2 heterocycles. The third-order valence-electron chi connectivity index (χ3n) is 3.61. The Bertz CT molecular complexity index is 987. The maximum absolute atomic E-state index is 12.4. The first-order valence-corrected chi connectivity index (χ1v) is 11.0. The van der Waals surface area contributed by atoms with E-state index in [-0.39, 0.29) is 24.8 Å². The van der Waals surface area contributed by atoms with Gasteiger partial charge in [0.25, 0.3) is 5.91 Å². The van der Waals surface area contributed by atoms with E-state index in [1.54, 1.807) is 23.3 Å². The van der Waals surface area contributed by atoms with E-state index in [1.807, 2.05) is 35.9 Å². The maximum atomic E-state index is 12.4. The van der Waals surface area contributed by atoms with Crippen LogP contribution < -0.4 is 4.80 Å². The van der Waals surface area contributed by atoms with Crippen molar-refractivity contribution in [3.8, 4) is 0 Å². The molecular weight excluding hydrogens is 388 g/mol.